The summed E-state index contributed by atoms with van der Waals surface area (Å²) in [6.45, 7) is 11.5. The fourth-order valence-electron chi connectivity index (χ4n) is 2.21. The second kappa shape index (κ2) is 4.97. The van der Waals surface area contributed by atoms with Gasteiger partial charge in [0.25, 0.3) is 0 Å². The molecular formula is C12H24N2O. The first-order valence-corrected chi connectivity index (χ1v) is 5.96. The molecule has 0 aromatic carbocycles. The lowest BCUT2D eigenvalue weighted by atomic mass is 10.1. The Hall–Kier alpha value is -0.570. The van der Waals surface area contributed by atoms with Crippen LogP contribution < -0.4 is 5.32 Å². The van der Waals surface area contributed by atoms with E-state index in [0.29, 0.717) is 0 Å². The molecule has 3 heteroatoms. The minimum Gasteiger partial charge on any atom is -0.355 e. The number of rotatable bonds is 3. The zero-order chi connectivity index (χ0) is 11.5. The van der Waals surface area contributed by atoms with Crippen LogP contribution in [0.3, 0.4) is 0 Å². The number of nitrogens with one attached hydrogen (secondary N) is 1. The van der Waals surface area contributed by atoms with Crippen molar-refractivity contribution in [2.75, 3.05) is 19.6 Å². The van der Waals surface area contributed by atoms with Crippen LogP contribution in [-0.2, 0) is 4.79 Å². The number of likely N-dealkylation sites (N-methyl/N-ethyl adjacent to an activating group) is 1. The number of amides is 1. The summed E-state index contributed by atoms with van der Waals surface area (Å²) in [4.78, 5) is 14.1. The van der Waals surface area contributed by atoms with Crippen LogP contribution in [0.15, 0.2) is 0 Å². The first-order chi connectivity index (χ1) is 6.94. The molecule has 1 atom stereocenters. The van der Waals surface area contributed by atoms with Gasteiger partial charge in [-0.25, -0.2) is 0 Å². The third-order valence-electron chi connectivity index (χ3n) is 2.69. The van der Waals surface area contributed by atoms with E-state index in [1.54, 1.807) is 0 Å². The second-order valence-corrected chi connectivity index (χ2v) is 5.58. The van der Waals surface area contributed by atoms with Crippen LogP contribution in [0.4, 0.5) is 0 Å². The summed E-state index contributed by atoms with van der Waals surface area (Å²) in [5.41, 5.74) is 0.273. The highest BCUT2D eigenvalue weighted by atomic mass is 16.2. The van der Waals surface area contributed by atoms with Gasteiger partial charge >= 0.3 is 0 Å². The SMILES string of the molecule is CC(C)(C)[13CH2][15N]1CCC[13CH]1C(=O)NC[13CH3]. The molecule has 0 aromatic rings. The fourth-order valence-corrected chi connectivity index (χ4v) is 2.21. The summed E-state index contributed by atoms with van der Waals surface area (Å²) in [6, 6.07) is 0.115. The van der Waals surface area contributed by atoms with E-state index < -0.39 is 0 Å². The van der Waals surface area contributed by atoms with Crippen molar-refractivity contribution >= 4 is 5.91 Å². The van der Waals surface area contributed by atoms with E-state index in [1.165, 1.54) is 0 Å². The monoisotopic (exact) mass is 216 g/mol. The first kappa shape index (κ1) is 12.5. The van der Waals surface area contributed by atoms with Crippen LogP contribution in [0.2, 0.25) is 0 Å². The number of hydrogen-bond donors (Lipinski definition) is 1. The Morgan fingerprint density at radius 3 is 2.67 bits per heavy atom. The normalized spacial score (nSPS) is 23.1. The Balaban J connectivity index is 2.53. The van der Waals surface area contributed by atoms with Crippen LogP contribution in [0.1, 0.15) is 40.5 Å². The highest BCUT2D eigenvalue weighted by Gasteiger charge is 2.32. The van der Waals surface area contributed by atoms with Gasteiger partial charge in [-0.2, -0.15) is 0 Å². The fraction of sp³-hybridized carbons (Fsp3) is 0.917. The Bertz CT molecular complexity index is 220. The van der Waals surface area contributed by atoms with Gasteiger partial charge in [0.05, 0.1) is 6.04 Å². The van der Waals surface area contributed by atoms with Crippen LogP contribution >= 0.6 is 0 Å². The maximum absolute atomic E-state index is 11.8. The molecule has 1 aliphatic rings. The summed E-state index contributed by atoms with van der Waals surface area (Å²) in [5.74, 6) is 0.208. The molecule has 0 spiro atoms. The molecular weight excluding hydrogens is 192 g/mol. The van der Waals surface area contributed by atoms with Gasteiger partial charge < -0.3 is 5.32 Å². The van der Waals surface area contributed by atoms with Gasteiger partial charge in [0.2, 0.25) is 5.91 Å². The minimum atomic E-state index is 0.115. The Kier molecular flexibility index (Phi) is 4.14. The van der Waals surface area contributed by atoms with Crippen molar-refractivity contribution in [3.8, 4) is 0 Å². The Morgan fingerprint density at radius 2 is 2.13 bits per heavy atom. The predicted octanol–water partition coefficient (Wildman–Crippen LogP) is 1.63. The third kappa shape index (κ3) is 3.82. The van der Waals surface area contributed by atoms with Crippen molar-refractivity contribution in [1.29, 1.82) is 0 Å². The molecule has 1 unspecified atom stereocenters. The van der Waals surface area contributed by atoms with E-state index >= 15 is 0 Å². The quantitative estimate of drug-likeness (QED) is 0.574. The van der Waals surface area contributed by atoms with Gasteiger partial charge in [-0.05, 0) is 31.7 Å². The van der Waals surface area contributed by atoms with Gasteiger partial charge in [0, 0.05) is 13.1 Å². The molecule has 1 amide bonds. The van der Waals surface area contributed by atoms with Gasteiger partial charge in [0.1, 0.15) is 0 Å². The average molecular weight is 216 g/mol. The van der Waals surface area contributed by atoms with Crippen molar-refractivity contribution in [2.45, 2.75) is 46.6 Å². The lowest BCUT2D eigenvalue weighted by Crippen LogP contribution is -2.45. The molecule has 0 aromatic heterocycles. The van der Waals surface area contributed by atoms with E-state index in [0.717, 1.165) is 32.5 Å². The zero-order valence-corrected chi connectivity index (χ0v) is 10.5. The van der Waals surface area contributed by atoms with Gasteiger partial charge in [0.15, 0.2) is 0 Å². The Morgan fingerprint density at radius 1 is 1.47 bits per heavy atom. The average Bonchev–Trinajstić information content (AvgIpc) is 2.49. The molecule has 3 nitrogen and oxygen atoms in total. The molecule has 0 radical (unpaired) electrons. The van der Waals surface area contributed by atoms with Crippen LogP contribution in [0, 0.1) is 5.41 Å². The van der Waals surface area contributed by atoms with E-state index in [1.807, 2.05) is 6.92 Å². The predicted molar refractivity (Wildman–Crippen MR) is 62.7 cm³/mol. The lowest BCUT2D eigenvalue weighted by molar-refractivity contribution is -0.125. The standard InChI is InChI=1S/C12H24N2O/c1-5-13-11(15)10-7-6-8-14(10)9-12(2,3)4/h10H,5-9H2,1-4H3,(H,13,15)/i1+1,9+1,10+1,14+1. The largest absolute Gasteiger partial charge is 0.355 e. The molecule has 88 valence electrons. The van der Waals surface area contributed by atoms with Crippen LogP contribution in [0.5, 0.6) is 0 Å². The molecule has 1 aliphatic heterocycles. The molecule has 1 rings (SSSR count). The molecule has 15 heavy (non-hydrogen) atoms. The van der Waals surface area contributed by atoms with Crippen LogP contribution in [-0.4, -0.2) is 36.5 Å². The number of nitrogens with zero attached hydrogens (tertiary/aromatic N) is 1. The molecule has 1 fully saturated rings. The van der Waals surface area contributed by atoms with Crippen molar-refractivity contribution in [1.82, 2.24) is 10.2 Å². The summed E-state index contributed by atoms with van der Waals surface area (Å²) in [6.07, 6.45) is 2.17. The van der Waals surface area contributed by atoms with Crippen molar-refractivity contribution in [3.63, 3.8) is 0 Å². The van der Waals surface area contributed by atoms with E-state index in [9.17, 15) is 4.79 Å². The topological polar surface area (TPSA) is 32.3 Å². The first-order valence-electron chi connectivity index (χ1n) is 5.96. The number of carbonyl (C=O) groups excluding carboxylic acids is 1. The number of carbonyl (C=O) groups is 1. The number of likely N-dealkylation sites (tertiary alicyclic amines) is 1. The second-order valence-electron chi connectivity index (χ2n) is 5.58. The summed E-state index contributed by atoms with van der Waals surface area (Å²) >= 11 is 0. The molecule has 1 N–H and O–H groups in total. The van der Waals surface area contributed by atoms with E-state index in [2.05, 4.69) is 31.0 Å². The molecule has 0 aliphatic carbocycles. The molecule has 0 saturated carbocycles. The van der Waals surface area contributed by atoms with Gasteiger partial charge in [-0.1, -0.05) is 20.8 Å². The van der Waals surface area contributed by atoms with E-state index in [4.69, 9.17) is 0 Å². The molecule has 1 saturated heterocycles. The van der Waals surface area contributed by atoms with Crippen LogP contribution in [0.25, 0.3) is 0 Å². The summed E-state index contributed by atoms with van der Waals surface area (Å²) in [7, 11) is 0. The third-order valence-corrected chi connectivity index (χ3v) is 2.69. The molecule has 1 heterocycles. The highest BCUT2D eigenvalue weighted by Crippen LogP contribution is 2.23. The minimum absolute atomic E-state index is 0.115. The Labute approximate surface area is 93.2 Å². The van der Waals surface area contributed by atoms with Gasteiger partial charge in [-0.3, -0.25) is 9.69 Å². The summed E-state index contributed by atoms with van der Waals surface area (Å²) < 4.78 is 0. The highest BCUT2D eigenvalue weighted by molar-refractivity contribution is 5.81. The van der Waals surface area contributed by atoms with E-state index in [-0.39, 0.29) is 17.4 Å². The van der Waals surface area contributed by atoms with Crippen molar-refractivity contribution in [2.24, 2.45) is 5.41 Å². The number of hydrogen-bond acceptors (Lipinski definition) is 2. The van der Waals surface area contributed by atoms with Crippen molar-refractivity contribution in [3.05, 3.63) is 0 Å². The lowest BCUT2D eigenvalue weighted by Gasteiger charge is -2.30. The zero-order valence-electron chi connectivity index (χ0n) is 10.5. The van der Waals surface area contributed by atoms with Gasteiger partial charge in [-0.15, -0.1) is 0 Å². The maximum atomic E-state index is 11.8. The smallest absolute Gasteiger partial charge is 0.237 e. The molecule has 0 bridgehead atoms. The maximum Gasteiger partial charge on any atom is 0.237 e. The summed E-state index contributed by atoms with van der Waals surface area (Å²) in [5, 5.41) is 2.92. The van der Waals surface area contributed by atoms with Crippen molar-refractivity contribution < 1.29 is 4.79 Å².